The fraction of sp³-hybridized carbons (Fsp3) is 0.296. The van der Waals surface area contributed by atoms with E-state index in [1.807, 2.05) is 66.7 Å². The van der Waals surface area contributed by atoms with E-state index in [4.69, 9.17) is 9.47 Å². The Balaban J connectivity index is 1.51. The largest absolute Gasteiger partial charge is 0.497 e. The highest BCUT2D eigenvalue weighted by molar-refractivity contribution is 6.01. The monoisotopic (exact) mass is 430 g/mol. The van der Waals surface area contributed by atoms with Gasteiger partial charge < -0.3 is 9.47 Å². The second-order valence-corrected chi connectivity index (χ2v) is 8.03. The molecule has 1 fully saturated rings. The average molecular weight is 431 g/mol. The number of piperazine rings is 1. The van der Waals surface area contributed by atoms with Crippen LogP contribution >= 0.6 is 0 Å². The van der Waals surface area contributed by atoms with Gasteiger partial charge in [0.15, 0.2) is 5.78 Å². The van der Waals surface area contributed by atoms with Gasteiger partial charge in [0.1, 0.15) is 17.5 Å². The van der Waals surface area contributed by atoms with Crippen LogP contribution in [0.3, 0.4) is 0 Å². The second kappa shape index (κ2) is 10.4. The molecule has 0 N–H and O–H groups in total. The first-order valence-corrected chi connectivity index (χ1v) is 11.0. The smallest absolute Gasteiger partial charge is 0.184 e. The van der Waals surface area contributed by atoms with Crippen molar-refractivity contribution in [3.05, 3.63) is 95.6 Å². The van der Waals surface area contributed by atoms with Crippen molar-refractivity contribution in [2.24, 2.45) is 0 Å². The van der Waals surface area contributed by atoms with Gasteiger partial charge in [-0.15, -0.1) is 0 Å². The Kier molecular flexibility index (Phi) is 7.20. The second-order valence-electron chi connectivity index (χ2n) is 8.03. The lowest BCUT2D eigenvalue weighted by Crippen LogP contribution is -2.48. The van der Waals surface area contributed by atoms with Crippen LogP contribution in [0, 0.1) is 0 Å². The molecule has 4 rings (SSSR count). The van der Waals surface area contributed by atoms with E-state index in [0.29, 0.717) is 0 Å². The van der Waals surface area contributed by atoms with Crippen molar-refractivity contribution in [1.82, 2.24) is 9.80 Å². The molecule has 3 aromatic rings. The molecule has 1 heterocycles. The number of nitrogens with zero attached hydrogens (tertiary/aromatic N) is 2. The number of Topliss-reactive ketones (excluding diaryl/α,β-unsaturated/α-hetero) is 1. The topological polar surface area (TPSA) is 42.0 Å². The first kappa shape index (κ1) is 22.1. The maximum absolute atomic E-state index is 13.6. The van der Waals surface area contributed by atoms with E-state index < -0.39 is 0 Å². The molecule has 0 radical (unpaired) electrons. The third-order valence-electron chi connectivity index (χ3n) is 6.08. The van der Waals surface area contributed by atoms with Crippen molar-refractivity contribution in [3.8, 4) is 11.5 Å². The normalized spacial score (nSPS) is 15.8. The first-order chi connectivity index (χ1) is 15.7. The number of para-hydroxylation sites is 1. The molecule has 0 aromatic heterocycles. The maximum Gasteiger partial charge on any atom is 0.184 e. The van der Waals surface area contributed by atoms with E-state index in [-0.39, 0.29) is 11.8 Å². The highest BCUT2D eigenvalue weighted by Gasteiger charge is 2.32. The van der Waals surface area contributed by atoms with E-state index in [1.165, 1.54) is 5.56 Å². The summed E-state index contributed by atoms with van der Waals surface area (Å²) in [6.45, 7) is 4.33. The highest BCUT2D eigenvalue weighted by atomic mass is 16.5. The summed E-state index contributed by atoms with van der Waals surface area (Å²) in [5.74, 6) is 1.73. The third-order valence-corrected chi connectivity index (χ3v) is 6.08. The summed E-state index contributed by atoms with van der Waals surface area (Å²) in [7, 11) is 3.35. The molecule has 0 bridgehead atoms. The Morgan fingerprint density at radius 3 is 2.12 bits per heavy atom. The lowest BCUT2D eigenvalue weighted by molar-refractivity contribution is 0.0645. The molecular formula is C27H30N2O3. The summed E-state index contributed by atoms with van der Waals surface area (Å²) in [6.07, 6.45) is 0. The summed E-state index contributed by atoms with van der Waals surface area (Å²) in [4.78, 5) is 18.3. The van der Waals surface area contributed by atoms with Gasteiger partial charge in [0.05, 0.1) is 14.2 Å². The zero-order valence-corrected chi connectivity index (χ0v) is 18.7. The number of methoxy groups -OCH3 is 2. The van der Waals surface area contributed by atoms with Crippen LogP contribution in [0.15, 0.2) is 78.9 Å². The van der Waals surface area contributed by atoms with Crippen molar-refractivity contribution in [1.29, 1.82) is 0 Å². The van der Waals surface area contributed by atoms with Crippen LogP contribution in [-0.4, -0.2) is 56.0 Å². The van der Waals surface area contributed by atoms with Gasteiger partial charge >= 0.3 is 0 Å². The van der Waals surface area contributed by atoms with Crippen LogP contribution in [0.2, 0.25) is 0 Å². The molecule has 166 valence electrons. The molecule has 32 heavy (non-hydrogen) atoms. The third kappa shape index (κ3) is 5.01. The molecule has 0 amide bonds. The van der Waals surface area contributed by atoms with Gasteiger partial charge in [-0.25, -0.2) is 0 Å². The fourth-order valence-corrected chi connectivity index (χ4v) is 4.33. The predicted octanol–water partition coefficient (Wildman–Crippen LogP) is 4.45. The number of carbonyl (C=O) groups excluding carboxylic acids is 1. The molecule has 0 aliphatic carbocycles. The minimum atomic E-state index is -0.364. The van der Waals surface area contributed by atoms with Gasteiger partial charge in [0.25, 0.3) is 0 Å². The quantitative estimate of drug-likeness (QED) is 0.494. The Hall–Kier alpha value is -3.15. The molecule has 3 aromatic carbocycles. The minimum absolute atomic E-state index is 0.110. The van der Waals surface area contributed by atoms with E-state index in [9.17, 15) is 4.79 Å². The molecule has 1 saturated heterocycles. The Bertz CT molecular complexity index is 1010. The summed E-state index contributed by atoms with van der Waals surface area (Å²) >= 11 is 0. The highest BCUT2D eigenvalue weighted by Crippen LogP contribution is 2.33. The van der Waals surface area contributed by atoms with Crippen LogP contribution in [-0.2, 0) is 6.54 Å². The van der Waals surface area contributed by atoms with E-state index in [0.717, 1.165) is 55.3 Å². The van der Waals surface area contributed by atoms with Crippen LogP contribution < -0.4 is 9.47 Å². The lowest BCUT2D eigenvalue weighted by atomic mass is 9.94. The minimum Gasteiger partial charge on any atom is -0.497 e. The van der Waals surface area contributed by atoms with Crippen LogP contribution in [0.5, 0.6) is 11.5 Å². The van der Waals surface area contributed by atoms with Crippen molar-refractivity contribution in [2.45, 2.75) is 12.6 Å². The van der Waals surface area contributed by atoms with Crippen molar-refractivity contribution in [2.75, 3.05) is 40.4 Å². The Morgan fingerprint density at radius 2 is 1.47 bits per heavy atom. The molecule has 1 unspecified atom stereocenters. The molecule has 5 heteroatoms. The predicted molar refractivity (Wildman–Crippen MR) is 126 cm³/mol. The van der Waals surface area contributed by atoms with Gasteiger partial charge in [-0.05, 0) is 23.8 Å². The van der Waals surface area contributed by atoms with Crippen molar-refractivity contribution in [3.63, 3.8) is 0 Å². The number of ketones is 1. The summed E-state index contributed by atoms with van der Waals surface area (Å²) in [5, 5.41) is 0. The number of carbonyl (C=O) groups is 1. The first-order valence-electron chi connectivity index (χ1n) is 11.0. The van der Waals surface area contributed by atoms with Gasteiger partial charge in [0, 0.05) is 43.9 Å². The SMILES string of the molecule is COc1ccc(CN2CCN(C(C(=O)c3ccccc3)c3ccccc3OC)CC2)cc1. The standard InChI is InChI=1S/C27H30N2O3/c1-31-23-14-12-21(13-15-23)20-28-16-18-29(19-17-28)26(24-10-6-7-11-25(24)32-2)27(30)22-8-4-3-5-9-22/h3-15,26H,16-20H2,1-2H3. The number of hydrogen-bond acceptors (Lipinski definition) is 5. The Labute approximate surface area is 190 Å². The number of hydrogen-bond donors (Lipinski definition) is 0. The van der Waals surface area contributed by atoms with Gasteiger partial charge in [-0.1, -0.05) is 60.7 Å². The average Bonchev–Trinajstić information content (AvgIpc) is 2.86. The van der Waals surface area contributed by atoms with Crippen LogP contribution in [0.25, 0.3) is 0 Å². The van der Waals surface area contributed by atoms with Gasteiger partial charge in [-0.3, -0.25) is 14.6 Å². The van der Waals surface area contributed by atoms with Crippen molar-refractivity contribution >= 4 is 5.78 Å². The Morgan fingerprint density at radius 1 is 0.812 bits per heavy atom. The number of ether oxygens (including phenoxy) is 2. The molecular weight excluding hydrogens is 400 g/mol. The zero-order chi connectivity index (χ0) is 22.3. The van der Waals surface area contributed by atoms with Crippen LogP contribution in [0.4, 0.5) is 0 Å². The molecule has 5 nitrogen and oxygen atoms in total. The summed E-state index contributed by atoms with van der Waals surface area (Å²) in [6, 6.07) is 25.3. The van der Waals surface area contributed by atoms with E-state index in [1.54, 1.807) is 14.2 Å². The van der Waals surface area contributed by atoms with Crippen LogP contribution in [0.1, 0.15) is 27.5 Å². The summed E-state index contributed by atoms with van der Waals surface area (Å²) in [5.41, 5.74) is 2.91. The maximum atomic E-state index is 13.6. The van der Waals surface area contributed by atoms with E-state index >= 15 is 0 Å². The summed E-state index contributed by atoms with van der Waals surface area (Å²) < 4.78 is 10.9. The van der Waals surface area contributed by atoms with Gasteiger partial charge in [-0.2, -0.15) is 0 Å². The molecule has 1 aliphatic heterocycles. The molecule has 1 atom stereocenters. The number of benzene rings is 3. The van der Waals surface area contributed by atoms with Gasteiger partial charge in [0.2, 0.25) is 0 Å². The van der Waals surface area contributed by atoms with E-state index in [2.05, 4.69) is 21.9 Å². The molecule has 0 saturated carbocycles. The zero-order valence-electron chi connectivity index (χ0n) is 18.7. The lowest BCUT2D eigenvalue weighted by Gasteiger charge is -2.39. The molecule has 0 spiro atoms. The fourth-order valence-electron chi connectivity index (χ4n) is 4.33. The van der Waals surface area contributed by atoms with Crippen molar-refractivity contribution < 1.29 is 14.3 Å². The molecule has 1 aliphatic rings. The number of rotatable bonds is 8.